The maximum atomic E-state index is 10.7. The lowest BCUT2D eigenvalue weighted by Gasteiger charge is -2.34. The highest BCUT2D eigenvalue weighted by Gasteiger charge is 2.33. The largest absolute Gasteiger partial charge is 0.389 e. The highest BCUT2D eigenvalue weighted by Crippen LogP contribution is 2.40. The normalized spacial score (nSPS) is 16.5. The smallest absolute Gasteiger partial charge is 0.0909 e. The van der Waals surface area contributed by atoms with E-state index < -0.39 is 6.10 Å². The molecule has 0 aromatic heterocycles. The molecule has 0 spiro atoms. The van der Waals surface area contributed by atoms with Crippen LogP contribution < -0.4 is 15.1 Å². The van der Waals surface area contributed by atoms with Gasteiger partial charge in [-0.2, -0.15) is 0 Å². The van der Waals surface area contributed by atoms with E-state index in [1.165, 1.54) is 11.4 Å². The van der Waals surface area contributed by atoms with Crippen LogP contribution in [0.2, 0.25) is 0 Å². The first-order chi connectivity index (χ1) is 10.7. The number of nitrogens with one attached hydrogen (secondary N) is 1. The molecule has 0 saturated heterocycles. The number of aliphatic hydroxyl groups excluding tert-OH is 1. The van der Waals surface area contributed by atoms with Crippen LogP contribution in [0.5, 0.6) is 0 Å². The first kappa shape index (κ1) is 14.9. The van der Waals surface area contributed by atoms with Gasteiger partial charge >= 0.3 is 0 Å². The lowest BCUT2D eigenvalue weighted by molar-refractivity contribution is 0.141. The molecule has 22 heavy (non-hydrogen) atoms. The summed E-state index contributed by atoms with van der Waals surface area (Å²) in [5, 5.41) is 13.8. The Morgan fingerprint density at radius 2 is 1.68 bits per heavy atom. The van der Waals surface area contributed by atoms with E-state index in [1.807, 2.05) is 25.2 Å². The van der Waals surface area contributed by atoms with Gasteiger partial charge in [0.15, 0.2) is 0 Å². The van der Waals surface area contributed by atoms with E-state index in [0.717, 1.165) is 12.2 Å². The third-order valence-electron chi connectivity index (χ3n) is 4.22. The van der Waals surface area contributed by atoms with Crippen molar-refractivity contribution in [1.29, 1.82) is 0 Å². The van der Waals surface area contributed by atoms with Crippen LogP contribution in [-0.2, 0) is 0 Å². The Balaban J connectivity index is 2.00. The maximum Gasteiger partial charge on any atom is 0.0909 e. The lowest BCUT2D eigenvalue weighted by Crippen LogP contribution is -2.42. The van der Waals surface area contributed by atoms with E-state index in [0.29, 0.717) is 6.54 Å². The molecule has 2 atom stereocenters. The Bertz CT molecular complexity index is 617. The Labute approximate surface area is 132 Å². The van der Waals surface area contributed by atoms with Crippen LogP contribution in [0.1, 0.15) is 11.6 Å². The summed E-state index contributed by atoms with van der Waals surface area (Å²) in [6, 6.07) is 18.5. The van der Waals surface area contributed by atoms with E-state index in [1.54, 1.807) is 0 Å². The zero-order chi connectivity index (χ0) is 15.5. The third kappa shape index (κ3) is 2.67. The molecule has 0 bridgehead atoms. The van der Waals surface area contributed by atoms with Crippen LogP contribution in [0.15, 0.2) is 54.6 Å². The molecular weight excluding hydrogens is 274 g/mol. The van der Waals surface area contributed by atoms with Gasteiger partial charge in [0, 0.05) is 13.6 Å². The van der Waals surface area contributed by atoms with Crippen molar-refractivity contribution in [3.8, 4) is 0 Å². The number of benzene rings is 2. The van der Waals surface area contributed by atoms with Crippen molar-refractivity contribution in [1.82, 2.24) is 5.32 Å². The van der Waals surface area contributed by atoms with Crippen molar-refractivity contribution >= 4 is 11.4 Å². The molecule has 2 N–H and O–H groups in total. The topological polar surface area (TPSA) is 38.7 Å². The van der Waals surface area contributed by atoms with Gasteiger partial charge in [-0.15, -0.1) is 0 Å². The fraction of sp³-hybridized carbons (Fsp3) is 0.333. The molecule has 3 rings (SSSR count). The van der Waals surface area contributed by atoms with Crippen molar-refractivity contribution in [2.75, 3.05) is 37.1 Å². The van der Waals surface area contributed by atoms with Crippen molar-refractivity contribution in [3.05, 3.63) is 60.2 Å². The van der Waals surface area contributed by atoms with Gasteiger partial charge in [-0.05, 0) is 24.7 Å². The second-order valence-corrected chi connectivity index (χ2v) is 5.78. The zero-order valence-electron chi connectivity index (χ0n) is 13.1. The molecule has 0 radical (unpaired) electrons. The summed E-state index contributed by atoms with van der Waals surface area (Å²) in [6.45, 7) is 1.33. The predicted octanol–water partition coefficient (Wildman–Crippen LogP) is 2.22. The number of nitrogens with zero attached hydrogens (tertiary/aromatic N) is 2. The van der Waals surface area contributed by atoms with E-state index in [4.69, 9.17) is 0 Å². The fourth-order valence-corrected chi connectivity index (χ4v) is 3.23. The van der Waals surface area contributed by atoms with Gasteiger partial charge < -0.3 is 20.2 Å². The average molecular weight is 297 g/mol. The lowest BCUT2D eigenvalue weighted by atomic mass is 9.99. The van der Waals surface area contributed by atoms with Crippen molar-refractivity contribution in [2.24, 2.45) is 0 Å². The monoisotopic (exact) mass is 297 g/mol. The number of hydrogen-bond donors (Lipinski definition) is 2. The number of hydrogen-bond acceptors (Lipinski definition) is 4. The molecule has 0 amide bonds. The van der Waals surface area contributed by atoms with Gasteiger partial charge in [-0.3, -0.25) is 0 Å². The molecule has 0 unspecified atom stereocenters. The van der Waals surface area contributed by atoms with Crippen molar-refractivity contribution < 1.29 is 5.11 Å². The molecule has 2 aromatic rings. The summed E-state index contributed by atoms with van der Waals surface area (Å²) < 4.78 is 0. The molecule has 0 saturated carbocycles. The number of anilines is 2. The molecule has 1 aliphatic heterocycles. The first-order valence-electron chi connectivity index (χ1n) is 7.67. The SMILES string of the molecule is CNC[C@@H](O)[C@H](c1ccccc1)N1CN(C)c2ccccc21. The summed E-state index contributed by atoms with van der Waals surface area (Å²) in [6.07, 6.45) is -0.480. The Hall–Kier alpha value is -2.04. The molecule has 4 heteroatoms. The van der Waals surface area contributed by atoms with Gasteiger partial charge in [0.05, 0.1) is 30.2 Å². The van der Waals surface area contributed by atoms with E-state index >= 15 is 0 Å². The maximum absolute atomic E-state index is 10.7. The van der Waals surface area contributed by atoms with Crippen LogP contribution >= 0.6 is 0 Å². The number of rotatable bonds is 5. The molecule has 1 heterocycles. The number of fused-ring (bicyclic) bond motifs is 1. The molecule has 1 aliphatic rings. The molecule has 4 nitrogen and oxygen atoms in total. The second-order valence-electron chi connectivity index (χ2n) is 5.78. The van der Waals surface area contributed by atoms with Crippen LogP contribution in [0, 0.1) is 0 Å². The number of aliphatic hydroxyl groups is 1. The van der Waals surface area contributed by atoms with Crippen LogP contribution in [0.3, 0.4) is 0 Å². The summed E-state index contributed by atoms with van der Waals surface area (Å²) in [5.41, 5.74) is 3.52. The molecule has 0 fully saturated rings. The summed E-state index contributed by atoms with van der Waals surface area (Å²) in [5.74, 6) is 0. The molecular formula is C18H23N3O. The minimum absolute atomic E-state index is 0.0697. The highest BCUT2D eigenvalue weighted by atomic mass is 16.3. The number of para-hydroxylation sites is 2. The zero-order valence-corrected chi connectivity index (χ0v) is 13.1. The fourth-order valence-electron chi connectivity index (χ4n) is 3.23. The van der Waals surface area contributed by atoms with Gasteiger partial charge in [0.1, 0.15) is 0 Å². The summed E-state index contributed by atoms with van der Waals surface area (Å²) in [4.78, 5) is 4.50. The Morgan fingerprint density at radius 3 is 2.36 bits per heavy atom. The van der Waals surface area contributed by atoms with Gasteiger partial charge in [0.2, 0.25) is 0 Å². The predicted molar refractivity (Wildman–Crippen MR) is 91.3 cm³/mol. The van der Waals surface area contributed by atoms with Gasteiger partial charge in [0.25, 0.3) is 0 Å². The van der Waals surface area contributed by atoms with E-state index in [9.17, 15) is 5.11 Å². The third-order valence-corrected chi connectivity index (χ3v) is 4.22. The molecule has 2 aromatic carbocycles. The van der Waals surface area contributed by atoms with Gasteiger partial charge in [-0.25, -0.2) is 0 Å². The summed E-state index contributed by atoms with van der Waals surface area (Å²) in [7, 11) is 3.96. The molecule has 0 aliphatic carbocycles. The minimum atomic E-state index is -0.480. The average Bonchev–Trinajstić information content (AvgIpc) is 2.86. The van der Waals surface area contributed by atoms with Crippen molar-refractivity contribution in [3.63, 3.8) is 0 Å². The second kappa shape index (κ2) is 6.38. The van der Waals surface area contributed by atoms with Crippen LogP contribution in [-0.4, -0.2) is 38.5 Å². The van der Waals surface area contributed by atoms with E-state index in [2.05, 4.69) is 58.6 Å². The van der Waals surface area contributed by atoms with Crippen molar-refractivity contribution in [2.45, 2.75) is 12.1 Å². The van der Waals surface area contributed by atoms with Gasteiger partial charge in [-0.1, -0.05) is 42.5 Å². The Kier molecular flexibility index (Phi) is 4.32. The quantitative estimate of drug-likeness (QED) is 0.887. The van der Waals surface area contributed by atoms with Crippen LogP contribution in [0.25, 0.3) is 0 Å². The highest BCUT2D eigenvalue weighted by molar-refractivity contribution is 5.76. The van der Waals surface area contributed by atoms with Crippen LogP contribution in [0.4, 0.5) is 11.4 Å². The Morgan fingerprint density at radius 1 is 1.05 bits per heavy atom. The standard InChI is InChI=1S/C18H23N3O/c1-19-12-17(22)18(14-8-4-3-5-9-14)21-13-20(2)15-10-6-7-11-16(15)21/h3-11,17-19,22H,12-13H2,1-2H3/t17-,18+/m1/s1. The number of likely N-dealkylation sites (N-methyl/N-ethyl adjacent to an activating group) is 1. The molecule has 116 valence electrons. The minimum Gasteiger partial charge on any atom is -0.389 e. The first-order valence-corrected chi connectivity index (χ1v) is 7.67. The van der Waals surface area contributed by atoms with E-state index in [-0.39, 0.29) is 6.04 Å². The summed E-state index contributed by atoms with van der Waals surface area (Å²) >= 11 is 0.